The number of nitrogens with zero attached hydrogens (tertiary/aromatic N) is 1. The quantitative estimate of drug-likeness (QED) is 0.671. The van der Waals surface area contributed by atoms with Gasteiger partial charge in [-0.3, -0.25) is 19.3 Å². The van der Waals surface area contributed by atoms with Gasteiger partial charge in [0, 0.05) is 38.4 Å². The standard InChI is InChI=1S/C10H17N3O3.C2H6/c1-7-6-9(15)13(10(7)16)5-4-12-8(14)2-3-11;1-2/h7H,2-6,11H2,1H3,(H,12,14);1-2H3. The first-order valence-corrected chi connectivity index (χ1v) is 6.37. The molecule has 0 spiro atoms. The van der Waals surface area contributed by atoms with Gasteiger partial charge in [0.2, 0.25) is 17.7 Å². The van der Waals surface area contributed by atoms with Crippen LogP contribution in [0.1, 0.15) is 33.6 Å². The fraction of sp³-hybridized carbons (Fsp3) is 0.750. The van der Waals surface area contributed by atoms with Crippen LogP contribution in [0.3, 0.4) is 0 Å². The lowest BCUT2D eigenvalue weighted by molar-refractivity contribution is -0.139. The summed E-state index contributed by atoms with van der Waals surface area (Å²) in [6, 6.07) is 0. The number of rotatable bonds is 5. The van der Waals surface area contributed by atoms with Crippen molar-refractivity contribution in [1.29, 1.82) is 0 Å². The van der Waals surface area contributed by atoms with Gasteiger partial charge in [-0.15, -0.1) is 0 Å². The van der Waals surface area contributed by atoms with Crippen LogP contribution >= 0.6 is 0 Å². The second kappa shape index (κ2) is 8.63. The highest BCUT2D eigenvalue weighted by Crippen LogP contribution is 2.17. The number of hydrogen-bond acceptors (Lipinski definition) is 4. The summed E-state index contributed by atoms with van der Waals surface area (Å²) in [5.41, 5.74) is 5.21. The third-order valence-electron chi connectivity index (χ3n) is 2.50. The molecule has 1 fully saturated rings. The Morgan fingerprint density at radius 1 is 1.44 bits per heavy atom. The monoisotopic (exact) mass is 257 g/mol. The average molecular weight is 257 g/mol. The molecule has 6 heteroatoms. The number of hydrogen-bond donors (Lipinski definition) is 2. The number of carbonyl (C=O) groups is 3. The highest BCUT2D eigenvalue weighted by atomic mass is 16.2. The van der Waals surface area contributed by atoms with E-state index in [1.165, 1.54) is 4.90 Å². The van der Waals surface area contributed by atoms with E-state index in [0.29, 0.717) is 13.1 Å². The molecule has 0 aromatic rings. The third kappa shape index (κ3) is 4.83. The Balaban J connectivity index is 0.00000137. The summed E-state index contributed by atoms with van der Waals surface area (Å²) in [7, 11) is 0. The van der Waals surface area contributed by atoms with Gasteiger partial charge in [0.15, 0.2) is 0 Å². The Labute approximate surface area is 108 Å². The van der Waals surface area contributed by atoms with Gasteiger partial charge in [0.1, 0.15) is 0 Å². The number of amides is 3. The van der Waals surface area contributed by atoms with Crippen LogP contribution < -0.4 is 11.1 Å². The van der Waals surface area contributed by atoms with Crippen LogP contribution in [0.2, 0.25) is 0 Å². The Morgan fingerprint density at radius 3 is 2.50 bits per heavy atom. The predicted molar refractivity (Wildman–Crippen MR) is 68.5 cm³/mol. The molecule has 1 saturated heterocycles. The van der Waals surface area contributed by atoms with Crippen LogP contribution in [0.15, 0.2) is 0 Å². The number of likely N-dealkylation sites (tertiary alicyclic amines) is 1. The minimum atomic E-state index is -0.229. The molecule has 18 heavy (non-hydrogen) atoms. The molecule has 1 heterocycles. The van der Waals surface area contributed by atoms with Crippen molar-refractivity contribution in [3.63, 3.8) is 0 Å². The van der Waals surface area contributed by atoms with Crippen LogP contribution in [0, 0.1) is 5.92 Å². The average Bonchev–Trinajstić information content (AvgIpc) is 2.58. The van der Waals surface area contributed by atoms with Crippen molar-refractivity contribution in [3.05, 3.63) is 0 Å². The van der Waals surface area contributed by atoms with E-state index in [-0.39, 0.29) is 43.0 Å². The van der Waals surface area contributed by atoms with E-state index in [4.69, 9.17) is 5.73 Å². The van der Waals surface area contributed by atoms with Gasteiger partial charge < -0.3 is 11.1 Å². The van der Waals surface area contributed by atoms with E-state index < -0.39 is 0 Å². The first kappa shape index (κ1) is 16.6. The fourth-order valence-corrected chi connectivity index (χ4v) is 1.61. The molecule has 3 amide bonds. The molecule has 0 aliphatic carbocycles. The zero-order valence-electron chi connectivity index (χ0n) is 11.4. The first-order chi connectivity index (χ1) is 8.56. The van der Waals surface area contributed by atoms with Gasteiger partial charge >= 0.3 is 0 Å². The van der Waals surface area contributed by atoms with Gasteiger partial charge in [-0.05, 0) is 0 Å². The number of carbonyl (C=O) groups excluding carboxylic acids is 3. The molecule has 1 atom stereocenters. The summed E-state index contributed by atoms with van der Waals surface area (Å²) in [6.45, 7) is 6.57. The lowest BCUT2D eigenvalue weighted by Gasteiger charge is -2.14. The summed E-state index contributed by atoms with van der Waals surface area (Å²) in [5, 5.41) is 2.60. The molecule has 6 nitrogen and oxygen atoms in total. The molecular weight excluding hydrogens is 234 g/mol. The zero-order chi connectivity index (χ0) is 14.1. The van der Waals surface area contributed by atoms with Crippen LogP contribution in [-0.2, 0) is 14.4 Å². The van der Waals surface area contributed by atoms with Gasteiger partial charge in [-0.25, -0.2) is 0 Å². The normalized spacial score (nSPS) is 18.4. The van der Waals surface area contributed by atoms with Gasteiger partial charge in [-0.1, -0.05) is 20.8 Å². The van der Waals surface area contributed by atoms with Crippen LogP contribution in [0.4, 0.5) is 0 Å². The lowest BCUT2D eigenvalue weighted by atomic mass is 10.1. The second-order valence-electron chi connectivity index (χ2n) is 3.88. The summed E-state index contributed by atoms with van der Waals surface area (Å²) < 4.78 is 0. The Bertz CT molecular complexity index is 305. The summed E-state index contributed by atoms with van der Waals surface area (Å²) in [5.74, 6) is -0.703. The van der Waals surface area contributed by atoms with Crippen molar-refractivity contribution in [2.24, 2.45) is 11.7 Å². The number of nitrogens with two attached hydrogens (primary N) is 1. The molecule has 1 aliphatic heterocycles. The third-order valence-corrected chi connectivity index (χ3v) is 2.50. The first-order valence-electron chi connectivity index (χ1n) is 6.37. The molecule has 0 aromatic heterocycles. The van der Waals surface area contributed by atoms with Crippen molar-refractivity contribution in [1.82, 2.24) is 10.2 Å². The maximum Gasteiger partial charge on any atom is 0.232 e. The highest BCUT2D eigenvalue weighted by molar-refractivity contribution is 6.03. The fourth-order valence-electron chi connectivity index (χ4n) is 1.61. The summed E-state index contributed by atoms with van der Waals surface area (Å²) in [6.07, 6.45) is 0.536. The highest BCUT2D eigenvalue weighted by Gasteiger charge is 2.34. The largest absolute Gasteiger partial charge is 0.354 e. The van der Waals surface area contributed by atoms with Crippen molar-refractivity contribution in [2.75, 3.05) is 19.6 Å². The molecule has 0 radical (unpaired) electrons. The second-order valence-corrected chi connectivity index (χ2v) is 3.88. The molecule has 0 saturated carbocycles. The molecule has 1 aliphatic rings. The van der Waals surface area contributed by atoms with Crippen molar-refractivity contribution < 1.29 is 14.4 Å². The minimum absolute atomic E-state index is 0.155. The maximum absolute atomic E-state index is 11.5. The van der Waals surface area contributed by atoms with Crippen molar-refractivity contribution in [3.8, 4) is 0 Å². The van der Waals surface area contributed by atoms with Gasteiger partial charge in [0.05, 0.1) is 0 Å². The molecule has 3 N–H and O–H groups in total. The van der Waals surface area contributed by atoms with Gasteiger partial charge in [0.25, 0.3) is 0 Å². The van der Waals surface area contributed by atoms with Crippen molar-refractivity contribution in [2.45, 2.75) is 33.6 Å². The lowest BCUT2D eigenvalue weighted by Crippen LogP contribution is -2.38. The smallest absolute Gasteiger partial charge is 0.232 e. The molecule has 0 bridgehead atoms. The summed E-state index contributed by atoms with van der Waals surface area (Å²) >= 11 is 0. The predicted octanol–water partition coefficient (Wildman–Crippen LogP) is -0.127. The Hall–Kier alpha value is -1.43. The van der Waals surface area contributed by atoms with Crippen molar-refractivity contribution >= 4 is 17.7 Å². The van der Waals surface area contributed by atoms with E-state index in [0.717, 1.165) is 0 Å². The van der Waals surface area contributed by atoms with E-state index in [9.17, 15) is 14.4 Å². The SMILES string of the molecule is CC.CC1CC(=O)N(CCNC(=O)CCN)C1=O. The maximum atomic E-state index is 11.5. The van der Waals surface area contributed by atoms with E-state index in [1.807, 2.05) is 13.8 Å². The zero-order valence-corrected chi connectivity index (χ0v) is 11.4. The molecule has 0 aromatic carbocycles. The summed E-state index contributed by atoms with van der Waals surface area (Å²) in [4.78, 5) is 35.1. The van der Waals surface area contributed by atoms with Crippen LogP contribution in [-0.4, -0.2) is 42.3 Å². The number of imide groups is 1. The number of nitrogens with one attached hydrogen (secondary N) is 1. The van der Waals surface area contributed by atoms with E-state index in [2.05, 4.69) is 5.32 Å². The molecular formula is C12H23N3O3. The Morgan fingerprint density at radius 2 is 2.06 bits per heavy atom. The van der Waals surface area contributed by atoms with E-state index in [1.54, 1.807) is 6.92 Å². The van der Waals surface area contributed by atoms with Crippen LogP contribution in [0.25, 0.3) is 0 Å². The minimum Gasteiger partial charge on any atom is -0.354 e. The van der Waals surface area contributed by atoms with Gasteiger partial charge in [-0.2, -0.15) is 0 Å². The molecule has 104 valence electrons. The topological polar surface area (TPSA) is 92.5 Å². The Kier molecular flexibility index (Phi) is 7.94. The molecule has 1 rings (SSSR count). The molecule has 1 unspecified atom stereocenters. The van der Waals surface area contributed by atoms with E-state index >= 15 is 0 Å². The van der Waals surface area contributed by atoms with Crippen LogP contribution in [0.5, 0.6) is 0 Å².